The van der Waals surface area contributed by atoms with Gasteiger partial charge in [0.1, 0.15) is 5.82 Å². The predicted molar refractivity (Wildman–Crippen MR) is 114 cm³/mol. The standard InChI is InChI=1S/C23H25N5/c1-16(2)14-28-15-20(12-25-28)19-9-10-21-22(11-19)24-13-23(27-21)26-17(3)18-7-5-4-6-8-18/h4-13,15-17H,14H2,1-3H3,(H,26,27)/t17-/m1/s1. The first-order valence-corrected chi connectivity index (χ1v) is 9.69. The second kappa shape index (κ2) is 7.80. The molecule has 0 aliphatic rings. The van der Waals surface area contributed by atoms with Crippen molar-refractivity contribution in [2.45, 2.75) is 33.4 Å². The first-order valence-electron chi connectivity index (χ1n) is 9.69. The number of aromatic nitrogens is 4. The van der Waals surface area contributed by atoms with Gasteiger partial charge in [-0.25, -0.2) is 4.98 Å². The molecule has 0 bridgehead atoms. The van der Waals surface area contributed by atoms with Crippen molar-refractivity contribution >= 4 is 16.9 Å². The summed E-state index contributed by atoms with van der Waals surface area (Å²) in [6.07, 6.45) is 5.80. The Bertz CT molecular complexity index is 1070. The van der Waals surface area contributed by atoms with Crippen LogP contribution in [0.5, 0.6) is 0 Å². The van der Waals surface area contributed by atoms with Gasteiger partial charge in [0, 0.05) is 24.3 Å². The maximum absolute atomic E-state index is 4.73. The first kappa shape index (κ1) is 18.2. The van der Waals surface area contributed by atoms with Crippen LogP contribution in [0.15, 0.2) is 67.1 Å². The zero-order valence-corrected chi connectivity index (χ0v) is 16.5. The average molecular weight is 371 g/mol. The predicted octanol–water partition coefficient (Wildman–Crippen LogP) is 5.32. The lowest BCUT2D eigenvalue weighted by molar-refractivity contribution is 0.483. The number of nitrogens with zero attached hydrogens (tertiary/aromatic N) is 4. The van der Waals surface area contributed by atoms with Crippen molar-refractivity contribution in [2.24, 2.45) is 5.92 Å². The molecule has 4 rings (SSSR count). The van der Waals surface area contributed by atoms with Crippen molar-refractivity contribution in [3.8, 4) is 11.1 Å². The number of fused-ring (bicyclic) bond motifs is 1. The van der Waals surface area contributed by atoms with Gasteiger partial charge in [0.2, 0.25) is 0 Å². The molecular weight excluding hydrogens is 346 g/mol. The number of anilines is 1. The molecular formula is C23H25N5. The summed E-state index contributed by atoms with van der Waals surface area (Å²) in [7, 11) is 0. The lowest BCUT2D eigenvalue weighted by Crippen LogP contribution is -2.08. The molecule has 0 saturated carbocycles. The quantitative estimate of drug-likeness (QED) is 0.498. The lowest BCUT2D eigenvalue weighted by Gasteiger charge is -2.15. The van der Waals surface area contributed by atoms with E-state index in [0.29, 0.717) is 5.92 Å². The van der Waals surface area contributed by atoms with E-state index in [-0.39, 0.29) is 6.04 Å². The summed E-state index contributed by atoms with van der Waals surface area (Å²) in [6.45, 7) is 7.43. The SMILES string of the molecule is CC(C)Cn1cc(-c2ccc3nc(N[C@H](C)c4ccccc4)cnc3c2)cn1. The Labute approximate surface area is 165 Å². The van der Waals surface area contributed by atoms with Gasteiger partial charge in [-0.15, -0.1) is 0 Å². The highest BCUT2D eigenvalue weighted by molar-refractivity contribution is 5.81. The van der Waals surface area contributed by atoms with E-state index in [1.807, 2.05) is 35.1 Å². The highest BCUT2D eigenvalue weighted by Gasteiger charge is 2.09. The zero-order chi connectivity index (χ0) is 19.5. The molecule has 0 fully saturated rings. The van der Waals surface area contributed by atoms with Crippen LogP contribution in [0.25, 0.3) is 22.2 Å². The van der Waals surface area contributed by atoms with E-state index in [1.54, 1.807) is 6.20 Å². The van der Waals surface area contributed by atoms with E-state index in [4.69, 9.17) is 4.98 Å². The molecule has 2 heterocycles. The summed E-state index contributed by atoms with van der Waals surface area (Å²) in [5.74, 6) is 1.35. The van der Waals surface area contributed by atoms with E-state index in [1.165, 1.54) is 5.56 Å². The molecule has 2 aromatic heterocycles. The van der Waals surface area contributed by atoms with Crippen molar-refractivity contribution in [1.29, 1.82) is 0 Å². The second-order valence-corrected chi connectivity index (χ2v) is 7.58. The number of hydrogen-bond donors (Lipinski definition) is 1. The zero-order valence-electron chi connectivity index (χ0n) is 16.5. The van der Waals surface area contributed by atoms with Gasteiger partial charge in [-0.2, -0.15) is 5.10 Å². The average Bonchev–Trinajstić information content (AvgIpc) is 3.16. The fourth-order valence-corrected chi connectivity index (χ4v) is 3.29. The third kappa shape index (κ3) is 4.03. The van der Waals surface area contributed by atoms with Gasteiger partial charge in [-0.1, -0.05) is 50.2 Å². The van der Waals surface area contributed by atoms with Gasteiger partial charge >= 0.3 is 0 Å². The summed E-state index contributed by atoms with van der Waals surface area (Å²) in [5.41, 5.74) is 5.19. The Morgan fingerprint density at radius 1 is 0.929 bits per heavy atom. The Balaban J connectivity index is 1.55. The molecule has 0 saturated heterocycles. The van der Waals surface area contributed by atoms with Gasteiger partial charge in [0.05, 0.1) is 23.4 Å². The maximum Gasteiger partial charge on any atom is 0.145 e. The molecule has 0 aliphatic heterocycles. The molecule has 1 N–H and O–H groups in total. The summed E-state index contributed by atoms with van der Waals surface area (Å²) < 4.78 is 1.99. The summed E-state index contributed by atoms with van der Waals surface area (Å²) >= 11 is 0. The normalized spacial score (nSPS) is 12.4. The molecule has 0 unspecified atom stereocenters. The fourth-order valence-electron chi connectivity index (χ4n) is 3.29. The van der Waals surface area contributed by atoms with Gasteiger partial charge in [0.15, 0.2) is 0 Å². The monoisotopic (exact) mass is 371 g/mol. The maximum atomic E-state index is 4.73. The summed E-state index contributed by atoms with van der Waals surface area (Å²) in [6, 6.07) is 16.7. The number of benzene rings is 2. The van der Waals surface area contributed by atoms with Crippen LogP contribution >= 0.6 is 0 Å². The molecule has 0 amide bonds. The van der Waals surface area contributed by atoms with Crippen LogP contribution in [-0.2, 0) is 6.54 Å². The van der Waals surface area contributed by atoms with Gasteiger partial charge in [-0.3, -0.25) is 9.67 Å². The van der Waals surface area contributed by atoms with E-state index < -0.39 is 0 Å². The number of hydrogen-bond acceptors (Lipinski definition) is 4. The Morgan fingerprint density at radius 2 is 1.75 bits per heavy atom. The van der Waals surface area contributed by atoms with Crippen molar-refractivity contribution in [3.05, 3.63) is 72.7 Å². The minimum atomic E-state index is 0.166. The fraction of sp³-hybridized carbons (Fsp3) is 0.261. The molecule has 1 atom stereocenters. The van der Waals surface area contributed by atoms with Crippen LogP contribution in [-0.4, -0.2) is 19.7 Å². The Kier molecular flexibility index (Phi) is 5.06. The second-order valence-electron chi connectivity index (χ2n) is 7.58. The minimum Gasteiger partial charge on any atom is -0.362 e. The molecule has 28 heavy (non-hydrogen) atoms. The van der Waals surface area contributed by atoms with Gasteiger partial charge in [-0.05, 0) is 36.1 Å². The molecule has 0 radical (unpaired) electrons. The molecule has 0 spiro atoms. The van der Waals surface area contributed by atoms with Crippen LogP contribution in [0.4, 0.5) is 5.82 Å². The van der Waals surface area contributed by atoms with E-state index in [2.05, 4.69) is 66.6 Å². The van der Waals surface area contributed by atoms with E-state index in [9.17, 15) is 0 Å². The van der Waals surface area contributed by atoms with Crippen LogP contribution in [0.3, 0.4) is 0 Å². The highest BCUT2D eigenvalue weighted by atomic mass is 15.3. The van der Waals surface area contributed by atoms with Crippen LogP contribution in [0, 0.1) is 5.92 Å². The van der Waals surface area contributed by atoms with Crippen molar-refractivity contribution < 1.29 is 0 Å². The van der Waals surface area contributed by atoms with Gasteiger partial charge in [0.25, 0.3) is 0 Å². The number of nitrogens with one attached hydrogen (secondary N) is 1. The van der Waals surface area contributed by atoms with Crippen molar-refractivity contribution in [3.63, 3.8) is 0 Å². The minimum absolute atomic E-state index is 0.166. The third-order valence-corrected chi connectivity index (χ3v) is 4.72. The van der Waals surface area contributed by atoms with Crippen LogP contribution in [0.2, 0.25) is 0 Å². The number of rotatable bonds is 6. The Morgan fingerprint density at radius 3 is 2.54 bits per heavy atom. The third-order valence-electron chi connectivity index (χ3n) is 4.72. The van der Waals surface area contributed by atoms with Gasteiger partial charge < -0.3 is 5.32 Å². The van der Waals surface area contributed by atoms with Crippen LogP contribution < -0.4 is 5.32 Å². The lowest BCUT2D eigenvalue weighted by atomic mass is 10.1. The van der Waals surface area contributed by atoms with Crippen LogP contribution in [0.1, 0.15) is 32.4 Å². The Hall–Kier alpha value is -3.21. The molecule has 5 heteroatoms. The molecule has 4 aromatic rings. The van der Waals surface area contributed by atoms with Crippen molar-refractivity contribution in [1.82, 2.24) is 19.7 Å². The molecule has 142 valence electrons. The van der Waals surface area contributed by atoms with E-state index >= 15 is 0 Å². The topological polar surface area (TPSA) is 55.6 Å². The van der Waals surface area contributed by atoms with Crippen molar-refractivity contribution in [2.75, 3.05) is 5.32 Å². The molecule has 5 nitrogen and oxygen atoms in total. The smallest absolute Gasteiger partial charge is 0.145 e. The first-order chi connectivity index (χ1) is 13.6. The molecule has 0 aliphatic carbocycles. The molecule has 2 aromatic carbocycles. The highest BCUT2D eigenvalue weighted by Crippen LogP contribution is 2.24. The largest absolute Gasteiger partial charge is 0.362 e. The van der Waals surface area contributed by atoms with E-state index in [0.717, 1.165) is 34.5 Å². The summed E-state index contributed by atoms with van der Waals surface area (Å²) in [4.78, 5) is 9.34. The summed E-state index contributed by atoms with van der Waals surface area (Å²) in [5, 5.41) is 7.89.